The van der Waals surface area contributed by atoms with Crippen LogP contribution in [0.4, 0.5) is 0 Å². The predicted octanol–water partition coefficient (Wildman–Crippen LogP) is 3.72. The van der Waals surface area contributed by atoms with E-state index < -0.39 is 45.3 Å². The van der Waals surface area contributed by atoms with Gasteiger partial charge in [0.25, 0.3) is 0 Å². The molecule has 0 aromatic rings. The molecule has 0 aromatic heterocycles. The third-order valence-corrected chi connectivity index (χ3v) is 10.6. The van der Waals surface area contributed by atoms with Gasteiger partial charge in [-0.3, -0.25) is 9.59 Å². The molecular weight excluding hydrogens is 408 g/mol. The van der Waals surface area contributed by atoms with Gasteiger partial charge in [0.15, 0.2) is 11.2 Å². The van der Waals surface area contributed by atoms with Crippen molar-refractivity contribution in [3.05, 3.63) is 23.0 Å². The zero-order valence-corrected chi connectivity index (χ0v) is 20.6. The number of allylic oxidation sites excluding steroid dienone is 3. The first-order valence-corrected chi connectivity index (χ1v) is 11.7. The number of Topliss-reactive ketones (excluding diaryl/α,β-unsaturated/α-hetero) is 1. The highest BCUT2D eigenvalue weighted by molar-refractivity contribution is 6.17. The first-order valence-electron chi connectivity index (χ1n) is 11.7. The van der Waals surface area contributed by atoms with Gasteiger partial charge in [-0.25, -0.2) is 0 Å². The third-order valence-electron chi connectivity index (χ3n) is 10.6. The summed E-state index contributed by atoms with van der Waals surface area (Å²) >= 11 is 0. The largest absolute Gasteiger partial charge is 0.511 e. The number of esters is 1. The Labute approximate surface area is 190 Å². The number of methoxy groups -OCH3 is 1. The number of aliphatic hydroxyl groups excluding tert-OH is 3. The summed E-state index contributed by atoms with van der Waals surface area (Å²) in [6, 6.07) is 0. The third kappa shape index (κ3) is 2.15. The van der Waals surface area contributed by atoms with E-state index >= 15 is 0 Å². The Bertz CT molecular complexity index is 961. The normalized spacial score (nSPS) is 49.7. The summed E-state index contributed by atoms with van der Waals surface area (Å²) in [7, 11) is 1.30. The molecule has 4 aliphatic carbocycles. The molecule has 0 heterocycles. The Morgan fingerprint density at radius 2 is 1.72 bits per heavy atom. The van der Waals surface area contributed by atoms with Crippen LogP contribution in [-0.4, -0.2) is 46.4 Å². The van der Waals surface area contributed by atoms with E-state index in [1.807, 2.05) is 27.7 Å². The maximum atomic E-state index is 14.0. The molecular formula is C26H38O6. The van der Waals surface area contributed by atoms with Crippen molar-refractivity contribution in [3.63, 3.8) is 0 Å². The second kappa shape index (κ2) is 6.47. The average molecular weight is 447 g/mol. The second-order valence-corrected chi connectivity index (χ2v) is 12.0. The quantitative estimate of drug-likeness (QED) is 0.322. The van der Waals surface area contributed by atoms with E-state index in [1.165, 1.54) is 7.11 Å². The van der Waals surface area contributed by atoms with Crippen molar-refractivity contribution in [1.29, 1.82) is 0 Å². The number of aliphatic hydroxyl groups is 3. The Balaban J connectivity index is 2.04. The summed E-state index contributed by atoms with van der Waals surface area (Å²) in [6.07, 6.45) is 2.07. The molecule has 32 heavy (non-hydrogen) atoms. The number of ether oxygens (including phenoxy) is 1. The summed E-state index contributed by atoms with van der Waals surface area (Å²) in [4.78, 5) is 27.6. The molecule has 0 radical (unpaired) electrons. The van der Waals surface area contributed by atoms with Crippen molar-refractivity contribution in [1.82, 2.24) is 0 Å². The van der Waals surface area contributed by atoms with Crippen LogP contribution in [0.1, 0.15) is 67.7 Å². The Morgan fingerprint density at radius 3 is 2.28 bits per heavy atom. The van der Waals surface area contributed by atoms with E-state index in [0.29, 0.717) is 19.3 Å². The van der Waals surface area contributed by atoms with E-state index in [4.69, 9.17) is 4.74 Å². The molecule has 178 valence electrons. The summed E-state index contributed by atoms with van der Waals surface area (Å²) in [5.41, 5.74) is -3.58. The summed E-state index contributed by atoms with van der Waals surface area (Å²) in [5.74, 6) is -1.14. The number of hydrogen-bond acceptors (Lipinski definition) is 6. The Hall–Kier alpha value is -1.66. The summed E-state index contributed by atoms with van der Waals surface area (Å²) < 4.78 is 5.32. The number of carbonyl (C=O) groups excluding carboxylic acids is 2. The van der Waals surface area contributed by atoms with E-state index in [0.717, 1.165) is 5.57 Å². The minimum Gasteiger partial charge on any atom is -0.511 e. The van der Waals surface area contributed by atoms with E-state index in [-0.39, 0.29) is 29.0 Å². The summed E-state index contributed by atoms with van der Waals surface area (Å²) in [6.45, 7) is 13.4. The maximum absolute atomic E-state index is 14.0. The molecule has 0 bridgehead atoms. The van der Waals surface area contributed by atoms with Gasteiger partial charge in [-0.15, -0.1) is 0 Å². The predicted molar refractivity (Wildman–Crippen MR) is 119 cm³/mol. The van der Waals surface area contributed by atoms with Crippen LogP contribution in [0.3, 0.4) is 0 Å². The molecule has 0 aromatic carbocycles. The average Bonchev–Trinajstić information content (AvgIpc) is 2.87. The number of rotatable bonds is 1. The molecule has 3 N–H and O–H groups in total. The van der Waals surface area contributed by atoms with E-state index in [1.54, 1.807) is 13.8 Å². The van der Waals surface area contributed by atoms with E-state index in [2.05, 4.69) is 13.0 Å². The van der Waals surface area contributed by atoms with Crippen LogP contribution >= 0.6 is 0 Å². The Kier molecular flexibility index (Phi) is 4.75. The Morgan fingerprint density at radius 1 is 1.12 bits per heavy atom. The van der Waals surface area contributed by atoms with Gasteiger partial charge in [0.05, 0.1) is 24.7 Å². The smallest absolute Gasteiger partial charge is 0.321 e. The lowest BCUT2D eigenvalue weighted by Crippen LogP contribution is -2.70. The fraction of sp³-hybridized carbons (Fsp3) is 0.769. The van der Waals surface area contributed by atoms with Crippen LogP contribution in [0.25, 0.3) is 0 Å². The first kappa shape index (κ1) is 23.5. The highest BCUT2D eigenvalue weighted by Crippen LogP contribution is 2.77. The number of carbonyl (C=O) groups is 2. The molecule has 2 saturated carbocycles. The van der Waals surface area contributed by atoms with Crippen molar-refractivity contribution in [3.8, 4) is 0 Å². The maximum Gasteiger partial charge on any atom is 0.321 e. The number of fused-ring (bicyclic) bond motifs is 5. The van der Waals surface area contributed by atoms with Gasteiger partial charge in [0.2, 0.25) is 0 Å². The molecule has 2 fully saturated rings. The highest BCUT2D eigenvalue weighted by atomic mass is 16.5. The van der Waals surface area contributed by atoms with Gasteiger partial charge in [-0.2, -0.15) is 0 Å². The summed E-state index contributed by atoms with van der Waals surface area (Å²) in [5, 5.41) is 32.9. The van der Waals surface area contributed by atoms with Crippen LogP contribution in [-0.2, 0) is 14.3 Å². The fourth-order valence-electron chi connectivity index (χ4n) is 9.01. The van der Waals surface area contributed by atoms with Gasteiger partial charge < -0.3 is 20.1 Å². The van der Waals surface area contributed by atoms with Crippen LogP contribution in [0.15, 0.2) is 23.0 Å². The number of ketones is 1. The minimum absolute atomic E-state index is 0.0481. The standard InChI is InChI=1S/C26H38O6/c1-13-11-17-23(5)12-15(27)20(30)22(3,4)16(23)9-10-24(17,6)26(21(31)32-8)19(29)14(2)18(28)25(13,26)7/h11,15-17,20,27-28,30H,9-10,12H2,1-8H3/t15-,16+,17-,20-,23+,24-,25-,26+/m0/s1. The minimum atomic E-state index is -1.58. The van der Waals surface area contributed by atoms with Crippen molar-refractivity contribution in [2.24, 2.45) is 38.9 Å². The van der Waals surface area contributed by atoms with Crippen LogP contribution in [0, 0.1) is 38.9 Å². The van der Waals surface area contributed by atoms with Gasteiger partial charge in [-0.1, -0.05) is 39.3 Å². The zero-order valence-electron chi connectivity index (χ0n) is 20.6. The highest BCUT2D eigenvalue weighted by Gasteiger charge is 2.80. The topological polar surface area (TPSA) is 104 Å². The van der Waals surface area contributed by atoms with Crippen LogP contribution in [0.5, 0.6) is 0 Å². The monoisotopic (exact) mass is 446 g/mol. The second-order valence-electron chi connectivity index (χ2n) is 12.0. The lowest BCUT2D eigenvalue weighted by molar-refractivity contribution is -0.232. The van der Waals surface area contributed by atoms with Crippen molar-refractivity contribution in [2.45, 2.75) is 79.9 Å². The molecule has 0 unspecified atom stereocenters. The van der Waals surface area contributed by atoms with Gasteiger partial charge in [-0.05, 0) is 68.1 Å². The first-order chi connectivity index (χ1) is 14.6. The molecule has 0 amide bonds. The SMILES string of the molecule is COC(=O)[C@@]12C(=O)C(C)=C(O)[C@]1(C)C(C)=C[C@H]1[C@]3(C)C[C@H](O)[C@H](O)C(C)(C)[C@H]3CC[C@@]12C. The molecule has 6 nitrogen and oxygen atoms in total. The van der Waals surface area contributed by atoms with Crippen molar-refractivity contribution in [2.75, 3.05) is 7.11 Å². The molecule has 0 spiro atoms. The van der Waals surface area contributed by atoms with E-state index in [9.17, 15) is 24.9 Å². The lowest BCUT2D eigenvalue weighted by atomic mass is 9.33. The zero-order chi connectivity index (χ0) is 24.2. The molecule has 4 rings (SSSR count). The molecule has 0 aliphatic heterocycles. The van der Waals surface area contributed by atoms with Crippen molar-refractivity contribution < 1.29 is 29.6 Å². The van der Waals surface area contributed by atoms with Crippen molar-refractivity contribution >= 4 is 11.8 Å². The number of hydrogen-bond donors (Lipinski definition) is 3. The van der Waals surface area contributed by atoms with Gasteiger partial charge in [0.1, 0.15) is 5.76 Å². The van der Waals surface area contributed by atoms with Gasteiger partial charge >= 0.3 is 5.97 Å². The fourth-order valence-corrected chi connectivity index (χ4v) is 9.01. The lowest BCUT2D eigenvalue weighted by Gasteiger charge is -2.69. The molecule has 6 heteroatoms. The molecule has 8 atom stereocenters. The molecule has 4 aliphatic rings. The van der Waals surface area contributed by atoms with Crippen LogP contribution in [0.2, 0.25) is 0 Å². The van der Waals surface area contributed by atoms with Crippen LogP contribution < -0.4 is 0 Å². The van der Waals surface area contributed by atoms with Gasteiger partial charge in [0, 0.05) is 5.57 Å². The molecule has 0 saturated heterocycles.